The van der Waals surface area contributed by atoms with Crippen molar-refractivity contribution in [2.45, 2.75) is 17.8 Å². The number of hydrogen-bond acceptors (Lipinski definition) is 9. The second-order valence-corrected chi connectivity index (χ2v) is 9.64. The number of nitrogens with zero attached hydrogens (tertiary/aromatic N) is 4. The number of carbonyl (C=O) groups is 2. The Balaban J connectivity index is 1.50. The number of thiazole rings is 1. The molecule has 2 aromatic heterocycles. The lowest BCUT2D eigenvalue weighted by molar-refractivity contribution is -0.174. The van der Waals surface area contributed by atoms with E-state index in [2.05, 4.69) is 9.97 Å². The quantitative estimate of drug-likeness (QED) is 0.567. The van der Waals surface area contributed by atoms with E-state index >= 15 is 0 Å². The van der Waals surface area contributed by atoms with Crippen molar-refractivity contribution >= 4 is 43.6 Å². The molecule has 0 radical (unpaired) electrons. The Morgan fingerprint density at radius 1 is 1.23 bits per heavy atom. The van der Waals surface area contributed by atoms with Crippen molar-refractivity contribution in [1.29, 1.82) is 0 Å². The van der Waals surface area contributed by atoms with Crippen LogP contribution in [0.25, 0.3) is 10.2 Å². The van der Waals surface area contributed by atoms with E-state index in [1.165, 1.54) is 13.1 Å². The van der Waals surface area contributed by atoms with Crippen LogP contribution in [0.5, 0.6) is 0 Å². The summed E-state index contributed by atoms with van der Waals surface area (Å²) in [5, 5.41) is 0.680. The minimum atomic E-state index is -4.26. The molecular weight excluding hydrogens is 450 g/mol. The van der Waals surface area contributed by atoms with Gasteiger partial charge in [0.05, 0.1) is 23.3 Å². The van der Waals surface area contributed by atoms with Gasteiger partial charge in [-0.2, -0.15) is 17.8 Å². The summed E-state index contributed by atoms with van der Waals surface area (Å²) >= 11 is 0.917. The Morgan fingerprint density at radius 2 is 1.97 bits per heavy atom. The summed E-state index contributed by atoms with van der Waals surface area (Å²) < 4.78 is 27.5. The van der Waals surface area contributed by atoms with Gasteiger partial charge in [0.2, 0.25) is 4.34 Å². The zero-order chi connectivity index (χ0) is 22.3. The molecule has 1 N–H and O–H groups in total. The van der Waals surface area contributed by atoms with Crippen molar-refractivity contribution in [1.82, 2.24) is 23.9 Å². The third-order valence-electron chi connectivity index (χ3n) is 4.46. The minimum Gasteiger partial charge on any atom is -0.318 e. The highest BCUT2D eigenvalue weighted by Crippen LogP contribution is 2.28. The molecule has 1 aromatic carbocycles. The van der Waals surface area contributed by atoms with Crippen molar-refractivity contribution < 1.29 is 22.8 Å². The summed E-state index contributed by atoms with van der Waals surface area (Å²) in [6.07, 6.45) is -0.0572. The van der Waals surface area contributed by atoms with E-state index in [0.717, 1.165) is 15.9 Å². The van der Waals surface area contributed by atoms with Crippen LogP contribution in [-0.4, -0.2) is 57.4 Å². The Kier molecular flexibility index (Phi) is 5.10. The first-order valence-corrected chi connectivity index (χ1v) is 11.1. The predicted octanol–water partition coefficient (Wildman–Crippen LogP) is 0.0394. The summed E-state index contributed by atoms with van der Waals surface area (Å²) in [6.45, 7) is 0.369. The van der Waals surface area contributed by atoms with Crippen LogP contribution in [0, 0.1) is 6.92 Å². The number of aromatic nitrogens is 3. The molecule has 3 heterocycles. The lowest BCUT2D eigenvalue weighted by atomic mass is 10.3. The Bertz CT molecular complexity index is 1390. The fraction of sp³-hybridized carbons (Fsp3) is 0.235. The normalized spacial score (nSPS) is 14.7. The highest BCUT2D eigenvalue weighted by molar-refractivity contribution is 7.91. The van der Waals surface area contributed by atoms with Gasteiger partial charge in [0.1, 0.15) is 6.54 Å². The number of carbonyl (C=O) groups excluding carboxylic acids is 2. The topological polar surface area (TPSA) is 152 Å². The van der Waals surface area contributed by atoms with E-state index < -0.39 is 39.8 Å². The zero-order valence-corrected chi connectivity index (χ0v) is 17.6. The number of fused-ring (bicyclic) bond motifs is 1. The number of aryl methyl sites for hydroxylation is 1. The number of benzene rings is 1. The number of hydrogen-bond donors (Lipinski definition) is 1. The minimum absolute atomic E-state index is 0.219. The second-order valence-electron chi connectivity index (χ2n) is 6.58. The van der Waals surface area contributed by atoms with Gasteiger partial charge in [0.15, 0.2) is 0 Å². The number of amides is 2. The summed E-state index contributed by atoms with van der Waals surface area (Å²) in [7, 11) is -4.26. The van der Waals surface area contributed by atoms with E-state index in [4.69, 9.17) is 4.84 Å². The molecule has 0 spiro atoms. The SMILES string of the molecule is Cc1cn(CC(=O)N2CCN(S(=O)(=O)c3nc4ccccc4s3)C(=O)O2)c(=O)[nH]c1=O. The summed E-state index contributed by atoms with van der Waals surface area (Å²) in [5.41, 5.74) is -0.674. The number of rotatable bonds is 4. The van der Waals surface area contributed by atoms with Gasteiger partial charge < -0.3 is 4.84 Å². The lowest BCUT2D eigenvalue weighted by Gasteiger charge is -2.31. The average molecular weight is 465 g/mol. The standard InChI is InChI=1S/C17H15N5O7S2/c1-10-8-20(15(25)19-14(10)24)9-13(23)21-6-7-22(17(26)29-21)31(27,28)16-18-11-4-2-3-5-12(11)30-16/h2-5,8H,6-7,9H2,1H3,(H,19,24,25). The summed E-state index contributed by atoms with van der Waals surface area (Å²) in [6, 6.07) is 6.82. The molecule has 3 aromatic rings. The van der Waals surface area contributed by atoms with Crippen LogP contribution in [0.3, 0.4) is 0 Å². The fourth-order valence-electron chi connectivity index (χ4n) is 2.87. The number of para-hydroxylation sites is 1. The maximum Gasteiger partial charge on any atom is 0.448 e. The molecule has 0 atom stereocenters. The molecule has 0 aliphatic carbocycles. The number of H-pyrrole nitrogens is 1. The van der Waals surface area contributed by atoms with Crippen LogP contribution < -0.4 is 11.2 Å². The van der Waals surface area contributed by atoms with E-state index in [1.54, 1.807) is 24.3 Å². The largest absolute Gasteiger partial charge is 0.448 e. The van der Waals surface area contributed by atoms with Gasteiger partial charge >= 0.3 is 11.8 Å². The van der Waals surface area contributed by atoms with E-state index in [0.29, 0.717) is 19.6 Å². The Hall–Kier alpha value is -3.52. The van der Waals surface area contributed by atoms with Gasteiger partial charge in [0, 0.05) is 11.8 Å². The van der Waals surface area contributed by atoms with E-state index in [9.17, 15) is 27.6 Å². The van der Waals surface area contributed by atoms with Gasteiger partial charge in [-0.25, -0.2) is 14.6 Å². The molecule has 0 unspecified atom stereocenters. The van der Waals surface area contributed by atoms with Crippen molar-refractivity contribution in [2.75, 3.05) is 13.1 Å². The molecular formula is C17H15N5O7S2. The number of sulfonamides is 1. The molecule has 1 saturated heterocycles. The first kappa shape index (κ1) is 20.7. The van der Waals surface area contributed by atoms with Crippen LogP contribution in [0.1, 0.15) is 5.56 Å². The lowest BCUT2D eigenvalue weighted by Crippen LogP contribution is -2.53. The molecule has 2 amide bonds. The molecule has 12 nitrogen and oxygen atoms in total. The van der Waals surface area contributed by atoms with Crippen molar-refractivity contribution in [3.8, 4) is 0 Å². The third kappa shape index (κ3) is 3.82. The average Bonchev–Trinajstić information content (AvgIpc) is 3.17. The van der Waals surface area contributed by atoms with Gasteiger partial charge in [-0.15, -0.1) is 11.3 Å². The smallest absolute Gasteiger partial charge is 0.318 e. The summed E-state index contributed by atoms with van der Waals surface area (Å²) in [5.74, 6) is -0.765. The van der Waals surface area contributed by atoms with E-state index in [1.807, 2.05) is 0 Å². The second kappa shape index (κ2) is 7.63. The number of aromatic amines is 1. The molecule has 0 bridgehead atoms. The fourth-order valence-corrected chi connectivity index (χ4v) is 5.48. The molecule has 1 aliphatic rings. The predicted molar refractivity (Wildman–Crippen MR) is 108 cm³/mol. The van der Waals surface area contributed by atoms with Crippen LogP contribution in [0.4, 0.5) is 4.79 Å². The van der Waals surface area contributed by atoms with Crippen LogP contribution in [-0.2, 0) is 26.2 Å². The third-order valence-corrected chi connectivity index (χ3v) is 7.61. The number of nitrogens with one attached hydrogen (secondary N) is 1. The van der Waals surface area contributed by atoms with Gasteiger partial charge in [-0.05, 0) is 19.1 Å². The van der Waals surface area contributed by atoms with Crippen LogP contribution >= 0.6 is 11.3 Å². The number of hydroxylamine groups is 2. The van der Waals surface area contributed by atoms with Gasteiger partial charge in [0.25, 0.3) is 21.5 Å². The van der Waals surface area contributed by atoms with Crippen LogP contribution in [0.2, 0.25) is 0 Å². The first-order chi connectivity index (χ1) is 14.7. The van der Waals surface area contributed by atoms with Crippen molar-refractivity contribution in [3.05, 3.63) is 56.9 Å². The van der Waals surface area contributed by atoms with Gasteiger partial charge in [-0.3, -0.25) is 19.1 Å². The molecule has 0 saturated carbocycles. The molecule has 14 heteroatoms. The first-order valence-electron chi connectivity index (χ1n) is 8.88. The molecule has 31 heavy (non-hydrogen) atoms. The molecule has 1 fully saturated rings. The molecule has 162 valence electrons. The van der Waals surface area contributed by atoms with Crippen LogP contribution in [0.15, 0.2) is 44.4 Å². The Morgan fingerprint density at radius 3 is 2.68 bits per heavy atom. The maximum absolute atomic E-state index is 12.8. The monoisotopic (exact) mass is 465 g/mol. The zero-order valence-electron chi connectivity index (χ0n) is 16.0. The highest BCUT2D eigenvalue weighted by Gasteiger charge is 2.39. The molecule has 4 rings (SSSR count). The maximum atomic E-state index is 12.8. The highest BCUT2D eigenvalue weighted by atomic mass is 32.2. The van der Waals surface area contributed by atoms with Gasteiger partial charge in [-0.1, -0.05) is 12.1 Å². The molecule has 1 aliphatic heterocycles. The van der Waals surface area contributed by atoms with E-state index in [-0.39, 0.29) is 23.0 Å². The van der Waals surface area contributed by atoms with Crippen molar-refractivity contribution in [2.24, 2.45) is 0 Å². The van der Waals surface area contributed by atoms with Crippen molar-refractivity contribution in [3.63, 3.8) is 0 Å². The Labute approximate surface area is 178 Å². The summed E-state index contributed by atoms with van der Waals surface area (Å²) in [4.78, 5) is 59.0.